The van der Waals surface area contributed by atoms with E-state index in [9.17, 15) is 22.8 Å². The van der Waals surface area contributed by atoms with E-state index in [4.69, 9.17) is 17.3 Å². The van der Waals surface area contributed by atoms with Crippen molar-refractivity contribution in [1.29, 1.82) is 0 Å². The van der Waals surface area contributed by atoms with Gasteiger partial charge in [-0.3, -0.25) is 19.1 Å². The molecule has 0 atom stereocenters. The first kappa shape index (κ1) is 22.0. The number of ketones is 1. The quantitative estimate of drug-likeness (QED) is 0.547. The number of fused-ring (bicyclic) bond motifs is 1. The van der Waals surface area contributed by atoms with Gasteiger partial charge < -0.3 is 5.73 Å². The third-order valence-corrected chi connectivity index (χ3v) is 7.83. The molecular weight excluding hydrogens is 456 g/mol. The largest absolute Gasteiger partial charge is 0.384 e. The summed E-state index contributed by atoms with van der Waals surface area (Å²) in [5.41, 5.74) is 5.51. The lowest BCUT2D eigenvalue weighted by Crippen LogP contribution is -2.36. The minimum absolute atomic E-state index is 0.0530. The molecule has 0 spiro atoms. The Bertz CT molecular complexity index is 1480. The first-order valence-corrected chi connectivity index (χ1v) is 11.4. The number of nitrogens with two attached hydrogens (primary N) is 1. The molecule has 166 valence electrons. The molecule has 0 radical (unpaired) electrons. The van der Waals surface area contributed by atoms with Gasteiger partial charge in [0, 0.05) is 25.7 Å². The fraction of sp³-hybridized carbons (Fsp3) is 0.190. The maximum atomic E-state index is 13.4. The van der Waals surface area contributed by atoms with Gasteiger partial charge in [0.05, 0.1) is 5.02 Å². The molecule has 0 unspecified atom stereocenters. The lowest BCUT2D eigenvalue weighted by molar-refractivity contribution is 0.103. The van der Waals surface area contributed by atoms with Crippen LogP contribution in [0.5, 0.6) is 0 Å². The maximum Gasteiger partial charge on any atom is 0.329 e. The van der Waals surface area contributed by atoms with Crippen molar-refractivity contribution in [3.05, 3.63) is 90.6 Å². The highest BCUT2D eigenvalue weighted by atomic mass is 35.5. The lowest BCUT2D eigenvalue weighted by Gasteiger charge is -2.28. The molecule has 11 heteroatoms. The predicted molar refractivity (Wildman–Crippen MR) is 119 cm³/mol. The van der Waals surface area contributed by atoms with E-state index in [-0.39, 0.29) is 34.4 Å². The summed E-state index contributed by atoms with van der Waals surface area (Å²) >= 11 is 6.20. The highest BCUT2D eigenvalue weighted by Gasteiger charge is 2.31. The highest BCUT2D eigenvalue weighted by Crippen LogP contribution is 2.30. The molecule has 0 saturated carbocycles. The van der Waals surface area contributed by atoms with Crippen molar-refractivity contribution in [3.8, 4) is 0 Å². The van der Waals surface area contributed by atoms with Gasteiger partial charge in [-0.25, -0.2) is 13.2 Å². The third kappa shape index (κ3) is 3.66. The Morgan fingerprint density at radius 3 is 2.53 bits per heavy atom. The summed E-state index contributed by atoms with van der Waals surface area (Å²) in [5, 5.41) is -0.0530. The summed E-state index contributed by atoms with van der Waals surface area (Å²) in [6.45, 7) is 0.446. The average molecular weight is 475 g/mol. The van der Waals surface area contributed by atoms with Gasteiger partial charge in [0.15, 0.2) is 0 Å². The molecular formula is C21H19ClN4O5S. The van der Waals surface area contributed by atoms with Crippen molar-refractivity contribution in [1.82, 2.24) is 13.9 Å². The Morgan fingerprint density at radius 1 is 1.12 bits per heavy atom. The van der Waals surface area contributed by atoms with E-state index in [1.807, 2.05) is 29.2 Å². The molecule has 0 aliphatic carbocycles. The summed E-state index contributed by atoms with van der Waals surface area (Å²) in [6, 6.07) is 11.3. The maximum absolute atomic E-state index is 13.4. The zero-order valence-electron chi connectivity index (χ0n) is 17.0. The first-order chi connectivity index (χ1) is 15.1. The summed E-state index contributed by atoms with van der Waals surface area (Å²) in [6.07, 6.45) is 0.551. The number of benzene rings is 2. The number of nitrogens with one attached hydrogen (secondary N) is 1. The zero-order chi connectivity index (χ0) is 23.2. The van der Waals surface area contributed by atoms with Crippen LogP contribution >= 0.6 is 11.6 Å². The molecule has 0 saturated heterocycles. The Hall–Kier alpha value is -3.21. The lowest BCUT2D eigenvalue weighted by atomic mass is 10.0. The number of carbonyl (C=O) groups excluding carboxylic acids is 1. The van der Waals surface area contributed by atoms with Gasteiger partial charge in [0.25, 0.3) is 5.56 Å². The molecule has 3 N–H and O–H groups in total. The van der Waals surface area contributed by atoms with E-state index >= 15 is 0 Å². The number of aromatic amines is 1. The van der Waals surface area contributed by atoms with E-state index in [1.54, 1.807) is 0 Å². The van der Waals surface area contributed by atoms with Crippen LogP contribution in [0.3, 0.4) is 0 Å². The Balaban J connectivity index is 1.76. The summed E-state index contributed by atoms with van der Waals surface area (Å²) in [5.74, 6) is -1.15. The van der Waals surface area contributed by atoms with Crippen molar-refractivity contribution in [2.45, 2.75) is 17.9 Å². The molecule has 4 rings (SSSR count). The number of hydrogen-bond acceptors (Lipinski definition) is 6. The van der Waals surface area contributed by atoms with Crippen molar-refractivity contribution in [2.24, 2.45) is 7.05 Å². The van der Waals surface area contributed by atoms with Crippen LogP contribution in [-0.2, 0) is 30.0 Å². The zero-order valence-corrected chi connectivity index (χ0v) is 18.5. The highest BCUT2D eigenvalue weighted by molar-refractivity contribution is 7.89. The first-order valence-electron chi connectivity index (χ1n) is 9.61. The van der Waals surface area contributed by atoms with E-state index in [0.29, 0.717) is 6.42 Å². The number of nitrogen functional groups attached to an aromatic ring is 1. The number of carbonyl (C=O) groups is 1. The minimum Gasteiger partial charge on any atom is -0.384 e. The second kappa shape index (κ2) is 8.05. The Kier molecular flexibility index (Phi) is 5.53. The number of aromatic nitrogens is 2. The molecule has 2 heterocycles. The van der Waals surface area contributed by atoms with Crippen LogP contribution in [0.2, 0.25) is 5.02 Å². The second-order valence-corrected chi connectivity index (χ2v) is 9.72. The van der Waals surface area contributed by atoms with E-state index in [1.165, 1.54) is 23.5 Å². The number of anilines is 1. The van der Waals surface area contributed by atoms with Crippen LogP contribution in [0.1, 0.15) is 27.0 Å². The van der Waals surface area contributed by atoms with Crippen LogP contribution < -0.4 is 17.0 Å². The van der Waals surface area contributed by atoms with Crippen LogP contribution in [0.15, 0.2) is 56.9 Å². The van der Waals surface area contributed by atoms with Gasteiger partial charge in [-0.1, -0.05) is 35.9 Å². The molecule has 32 heavy (non-hydrogen) atoms. The molecule has 3 aromatic rings. The van der Waals surface area contributed by atoms with Gasteiger partial charge in [-0.15, -0.1) is 0 Å². The van der Waals surface area contributed by atoms with Crippen LogP contribution in [0, 0.1) is 0 Å². The summed E-state index contributed by atoms with van der Waals surface area (Å²) in [4.78, 5) is 38.7. The van der Waals surface area contributed by atoms with Gasteiger partial charge in [-0.2, -0.15) is 4.31 Å². The SMILES string of the molecule is Cn1c(N)c(C(=O)c2ccc(Cl)c(S(=O)(=O)N3CCc4ccccc4C3)c2)c(=O)[nH]c1=O. The number of hydrogen-bond donors (Lipinski definition) is 2. The molecule has 2 aromatic carbocycles. The number of H-pyrrole nitrogens is 1. The second-order valence-electron chi connectivity index (χ2n) is 7.41. The molecule has 1 aliphatic rings. The molecule has 1 aromatic heterocycles. The fourth-order valence-corrected chi connectivity index (χ4v) is 5.58. The molecule has 0 amide bonds. The number of rotatable bonds is 4. The molecule has 9 nitrogen and oxygen atoms in total. The van der Waals surface area contributed by atoms with E-state index in [2.05, 4.69) is 0 Å². The van der Waals surface area contributed by atoms with Crippen molar-refractivity contribution in [2.75, 3.05) is 12.3 Å². The Morgan fingerprint density at radius 2 is 1.81 bits per heavy atom. The van der Waals surface area contributed by atoms with E-state index in [0.717, 1.165) is 21.8 Å². The number of sulfonamides is 1. The average Bonchev–Trinajstić information content (AvgIpc) is 2.77. The van der Waals surface area contributed by atoms with Gasteiger partial charge in [0.1, 0.15) is 16.3 Å². The van der Waals surface area contributed by atoms with E-state index < -0.39 is 32.6 Å². The molecule has 1 aliphatic heterocycles. The fourth-order valence-electron chi connectivity index (χ4n) is 3.66. The topological polar surface area (TPSA) is 135 Å². The molecule has 0 bridgehead atoms. The van der Waals surface area contributed by atoms with Gasteiger partial charge >= 0.3 is 5.69 Å². The van der Waals surface area contributed by atoms with Crippen molar-refractivity contribution >= 4 is 33.2 Å². The smallest absolute Gasteiger partial charge is 0.329 e. The normalized spacial score (nSPS) is 14.2. The summed E-state index contributed by atoms with van der Waals surface area (Å²) in [7, 11) is -2.73. The van der Waals surface area contributed by atoms with Gasteiger partial charge in [0.2, 0.25) is 15.8 Å². The third-order valence-electron chi connectivity index (χ3n) is 5.50. The summed E-state index contributed by atoms with van der Waals surface area (Å²) < 4.78 is 28.9. The van der Waals surface area contributed by atoms with Crippen molar-refractivity contribution in [3.63, 3.8) is 0 Å². The number of nitrogens with zero attached hydrogens (tertiary/aromatic N) is 2. The predicted octanol–water partition coefficient (Wildman–Crippen LogP) is 1.29. The monoisotopic (exact) mass is 474 g/mol. The Labute approximate surface area is 188 Å². The van der Waals surface area contributed by atoms with Crippen LogP contribution in [-0.4, -0.2) is 34.6 Å². The van der Waals surface area contributed by atoms with Crippen LogP contribution in [0.4, 0.5) is 5.82 Å². The van der Waals surface area contributed by atoms with Gasteiger partial charge in [-0.05, 0) is 35.7 Å². The number of halogens is 1. The van der Waals surface area contributed by atoms with Crippen molar-refractivity contribution < 1.29 is 13.2 Å². The standard InChI is InChI=1S/C21H19ClN4O5S/c1-25-19(23)17(20(28)24-21(25)29)18(27)13-6-7-15(22)16(10-13)32(30,31)26-9-8-12-4-2-3-5-14(12)11-26/h2-7,10H,8-9,11,23H2,1H3,(H,24,28,29). The molecule has 0 fully saturated rings. The van der Waals surface area contributed by atoms with Crippen LogP contribution in [0.25, 0.3) is 0 Å². The minimum atomic E-state index is -4.03.